The van der Waals surface area contributed by atoms with Crippen molar-refractivity contribution < 1.29 is 10.0 Å². The number of nitro groups is 1. The van der Waals surface area contributed by atoms with Gasteiger partial charge in [-0.1, -0.05) is 32.0 Å². The molecule has 0 saturated heterocycles. The number of nitrogens with zero attached hydrogens (tertiary/aromatic N) is 2. The fraction of sp³-hybridized carbons (Fsp3) is 0.368. The first-order chi connectivity index (χ1) is 11.3. The van der Waals surface area contributed by atoms with Crippen LogP contribution >= 0.6 is 0 Å². The van der Waals surface area contributed by atoms with E-state index in [0.29, 0.717) is 12.0 Å². The Kier molecular flexibility index (Phi) is 3.95. The summed E-state index contributed by atoms with van der Waals surface area (Å²) in [6, 6.07) is 12.9. The van der Waals surface area contributed by atoms with Gasteiger partial charge < -0.3 is 10.0 Å². The highest BCUT2D eigenvalue weighted by Gasteiger charge is 2.42. The maximum atomic E-state index is 10.9. The first kappa shape index (κ1) is 16.3. The van der Waals surface area contributed by atoms with Crippen LogP contribution in [-0.2, 0) is 11.8 Å². The number of anilines is 1. The lowest BCUT2D eigenvalue weighted by atomic mass is 9.78. The lowest BCUT2D eigenvalue weighted by Gasteiger charge is -2.32. The van der Waals surface area contributed by atoms with Crippen LogP contribution in [0.3, 0.4) is 0 Å². The maximum absolute atomic E-state index is 10.9. The summed E-state index contributed by atoms with van der Waals surface area (Å²) in [6.07, 6.45) is 1.41. The normalized spacial score (nSPS) is 18.5. The monoisotopic (exact) mass is 326 g/mol. The van der Waals surface area contributed by atoms with Crippen LogP contribution in [-0.4, -0.2) is 23.1 Å². The third-order valence-electron chi connectivity index (χ3n) is 5.24. The van der Waals surface area contributed by atoms with Crippen molar-refractivity contribution in [2.45, 2.75) is 38.1 Å². The number of phenols is 1. The van der Waals surface area contributed by atoms with Gasteiger partial charge in [0.05, 0.1) is 4.92 Å². The highest BCUT2D eigenvalue weighted by atomic mass is 16.6. The van der Waals surface area contributed by atoms with E-state index in [-0.39, 0.29) is 22.9 Å². The average Bonchev–Trinajstić information content (AvgIpc) is 2.74. The number of nitro benzene ring substituents is 1. The van der Waals surface area contributed by atoms with Crippen LogP contribution < -0.4 is 4.90 Å². The standard InChI is InChI=1S/C19H22N2O3/c1-19(2)15-6-4-5-7-16(15)20(3)18(19)11-8-13-12-14(21(23)24)9-10-17(13)22/h4-7,9-10,12,18,22H,8,11H2,1-3H3. The summed E-state index contributed by atoms with van der Waals surface area (Å²) < 4.78 is 0. The Morgan fingerprint density at radius 3 is 2.62 bits per heavy atom. The third kappa shape index (κ3) is 2.60. The zero-order valence-electron chi connectivity index (χ0n) is 14.2. The van der Waals surface area contributed by atoms with Gasteiger partial charge >= 0.3 is 0 Å². The minimum Gasteiger partial charge on any atom is -0.508 e. The number of rotatable bonds is 4. The van der Waals surface area contributed by atoms with Crippen LogP contribution in [0, 0.1) is 10.1 Å². The zero-order chi connectivity index (χ0) is 17.5. The van der Waals surface area contributed by atoms with Crippen molar-refractivity contribution in [3.05, 3.63) is 63.7 Å². The van der Waals surface area contributed by atoms with E-state index in [2.05, 4.69) is 44.0 Å². The fourth-order valence-electron chi connectivity index (χ4n) is 3.89. The Morgan fingerprint density at radius 1 is 1.25 bits per heavy atom. The lowest BCUT2D eigenvalue weighted by molar-refractivity contribution is -0.384. The minimum absolute atomic E-state index is 0.0122. The van der Waals surface area contributed by atoms with Crippen molar-refractivity contribution in [1.82, 2.24) is 0 Å². The second kappa shape index (κ2) is 5.82. The molecular formula is C19H22N2O3. The van der Waals surface area contributed by atoms with Crippen molar-refractivity contribution in [2.24, 2.45) is 0 Å². The number of hydrogen-bond donors (Lipinski definition) is 1. The minimum atomic E-state index is -0.426. The van der Waals surface area contributed by atoms with Crippen molar-refractivity contribution in [1.29, 1.82) is 0 Å². The first-order valence-electron chi connectivity index (χ1n) is 8.11. The molecule has 0 aromatic heterocycles. The highest BCUT2D eigenvalue weighted by molar-refractivity contribution is 5.63. The molecule has 5 heteroatoms. The molecule has 1 aliphatic heterocycles. The van der Waals surface area contributed by atoms with Gasteiger partial charge in [-0.15, -0.1) is 0 Å². The molecule has 1 N–H and O–H groups in total. The van der Waals surface area contributed by atoms with Gasteiger partial charge in [0.25, 0.3) is 5.69 Å². The van der Waals surface area contributed by atoms with E-state index in [0.717, 1.165) is 6.42 Å². The van der Waals surface area contributed by atoms with E-state index in [1.807, 2.05) is 6.07 Å². The lowest BCUT2D eigenvalue weighted by Crippen LogP contribution is -2.39. The molecule has 1 atom stereocenters. The molecule has 3 rings (SSSR count). The summed E-state index contributed by atoms with van der Waals surface area (Å²) in [5, 5.41) is 21.0. The third-order valence-corrected chi connectivity index (χ3v) is 5.24. The van der Waals surface area contributed by atoms with Gasteiger partial charge in [0.15, 0.2) is 0 Å². The second-order valence-corrected chi connectivity index (χ2v) is 6.97. The molecule has 0 amide bonds. The van der Waals surface area contributed by atoms with Crippen molar-refractivity contribution in [2.75, 3.05) is 11.9 Å². The largest absolute Gasteiger partial charge is 0.508 e. The zero-order valence-corrected chi connectivity index (χ0v) is 14.2. The molecular weight excluding hydrogens is 304 g/mol. The molecule has 1 unspecified atom stereocenters. The van der Waals surface area contributed by atoms with Crippen LogP contribution in [0.25, 0.3) is 0 Å². The molecule has 0 radical (unpaired) electrons. The number of non-ortho nitro benzene ring substituents is 1. The number of phenolic OH excluding ortho intramolecular Hbond substituents is 1. The Labute approximate surface area is 141 Å². The van der Waals surface area contributed by atoms with Crippen LogP contribution in [0.15, 0.2) is 42.5 Å². The molecule has 126 valence electrons. The summed E-state index contributed by atoms with van der Waals surface area (Å²) in [5.41, 5.74) is 3.19. The van der Waals surface area contributed by atoms with Gasteiger partial charge in [0.2, 0.25) is 0 Å². The van der Waals surface area contributed by atoms with E-state index in [4.69, 9.17) is 0 Å². The molecule has 0 fully saturated rings. The number of benzene rings is 2. The maximum Gasteiger partial charge on any atom is 0.269 e. The Balaban J connectivity index is 1.83. The molecule has 0 bridgehead atoms. The molecule has 24 heavy (non-hydrogen) atoms. The number of hydrogen-bond acceptors (Lipinski definition) is 4. The van der Waals surface area contributed by atoms with E-state index in [1.165, 1.54) is 29.4 Å². The van der Waals surface area contributed by atoms with Gasteiger partial charge in [-0.3, -0.25) is 10.1 Å². The number of para-hydroxylation sites is 1. The average molecular weight is 326 g/mol. The number of aromatic hydroxyl groups is 1. The second-order valence-electron chi connectivity index (χ2n) is 6.97. The SMILES string of the molecule is CN1c2ccccc2C(C)(C)C1CCc1cc([N+](=O)[O-])ccc1O. The van der Waals surface area contributed by atoms with E-state index < -0.39 is 4.92 Å². The molecule has 1 aliphatic rings. The van der Waals surface area contributed by atoms with Gasteiger partial charge in [0, 0.05) is 41.9 Å². The summed E-state index contributed by atoms with van der Waals surface area (Å²) in [7, 11) is 2.09. The Morgan fingerprint density at radius 2 is 1.96 bits per heavy atom. The number of aryl methyl sites for hydroxylation is 1. The Hall–Kier alpha value is -2.56. The van der Waals surface area contributed by atoms with E-state index in [1.54, 1.807) is 0 Å². The Bertz CT molecular complexity index is 786. The van der Waals surface area contributed by atoms with Gasteiger partial charge in [-0.05, 0) is 30.5 Å². The van der Waals surface area contributed by atoms with E-state index in [9.17, 15) is 15.2 Å². The smallest absolute Gasteiger partial charge is 0.269 e. The van der Waals surface area contributed by atoms with Gasteiger partial charge in [-0.25, -0.2) is 0 Å². The number of likely N-dealkylation sites (N-methyl/N-ethyl adjacent to an activating group) is 1. The summed E-state index contributed by atoms with van der Waals surface area (Å²) >= 11 is 0. The molecule has 5 nitrogen and oxygen atoms in total. The summed E-state index contributed by atoms with van der Waals surface area (Å²) in [6.45, 7) is 4.46. The number of fused-ring (bicyclic) bond motifs is 1. The molecule has 2 aromatic carbocycles. The van der Waals surface area contributed by atoms with Gasteiger partial charge in [-0.2, -0.15) is 0 Å². The predicted octanol–water partition coefficient (Wildman–Crippen LogP) is 4.03. The summed E-state index contributed by atoms with van der Waals surface area (Å²) in [5.74, 6) is 0.122. The van der Waals surface area contributed by atoms with Crippen LogP contribution in [0.1, 0.15) is 31.4 Å². The molecule has 0 saturated carbocycles. The van der Waals surface area contributed by atoms with Crippen molar-refractivity contribution >= 4 is 11.4 Å². The summed E-state index contributed by atoms with van der Waals surface area (Å²) in [4.78, 5) is 12.8. The molecule has 0 spiro atoms. The molecule has 2 aromatic rings. The molecule has 0 aliphatic carbocycles. The van der Waals surface area contributed by atoms with Gasteiger partial charge in [0.1, 0.15) is 5.75 Å². The topological polar surface area (TPSA) is 66.6 Å². The first-order valence-corrected chi connectivity index (χ1v) is 8.11. The van der Waals surface area contributed by atoms with Crippen molar-refractivity contribution in [3.8, 4) is 5.75 Å². The van der Waals surface area contributed by atoms with Crippen LogP contribution in [0.5, 0.6) is 5.75 Å². The van der Waals surface area contributed by atoms with Crippen LogP contribution in [0.2, 0.25) is 0 Å². The molecule has 1 heterocycles. The van der Waals surface area contributed by atoms with Crippen LogP contribution in [0.4, 0.5) is 11.4 Å². The fourth-order valence-corrected chi connectivity index (χ4v) is 3.89. The highest BCUT2D eigenvalue weighted by Crippen LogP contribution is 2.45. The quantitative estimate of drug-likeness (QED) is 0.680. The van der Waals surface area contributed by atoms with E-state index >= 15 is 0 Å². The van der Waals surface area contributed by atoms with Crippen molar-refractivity contribution in [3.63, 3.8) is 0 Å². The predicted molar refractivity (Wildman–Crippen MR) is 94.7 cm³/mol.